The highest BCUT2D eigenvalue weighted by Gasteiger charge is 2.09. The normalized spacial score (nSPS) is 12.2. The van der Waals surface area contributed by atoms with Crippen LogP contribution in [0.3, 0.4) is 0 Å². The summed E-state index contributed by atoms with van der Waals surface area (Å²) >= 11 is 6.63. The van der Waals surface area contributed by atoms with Gasteiger partial charge in [0.15, 0.2) is 0 Å². The molecule has 1 aromatic carbocycles. The number of aliphatic hydroxyl groups excluding tert-OH is 1. The van der Waals surface area contributed by atoms with Gasteiger partial charge in [0.1, 0.15) is 0 Å². The van der Waals surface area contributed by atoms with Gasteiger partial charge in [-0.1, -0.05) is 38.8 Å². The number of benzene rings is 1. The molecule has 5 heteroatoms. The molecule has 1 atom stereocenters. The predicted octanol–water partition coefficient (Wildman–Crippen LogP) is 2.71. The molecule has 0 saturated carbocycles. The molecule has 16 heavy (non-hydrogen) atoms. The fourth-order valence-electron chi connectivity index (χ4n) is 1.14. The summed E-state index contributed by atoms with van der Waals surface area (Å²) in [4.78, 5) is 11.7. The van der Waals surface area contributed by atoms with E-state index in [1.807, 2.05) is 13.0 Å². The molecule has 1 aromatic rings. The van der Waals surface area contributed by atoms with Crippen molar-refractivity contribution < 1.29 is 9.90 Å². The summed E-state index contributed by atoms with van der Waals surface area (Å²) in [6, 6.07) is 5.33. The van der Waals surface area contributed by atoms with E-state index in [4.69, 9.17) is 0 Å². The maximum absolute atomic E-state index is 11.7. The Bertz CT molecular complexity index is 362. The highest BCUT2D eigenvalue weighted by molar-refractivity contribution is 9.11. The molecule has 0 bridgehead atoms. The number of nitrogens with one attached hydrogen (secondary N) is 1. The van der Waals surface area contributed by atoms with Crippen molar-refractivity contribution in [1.29, 1.82) is 0 Å². The van der Waals surface area contributed by atoms with Crippen LogP contribution in [-0.4, -0.2) is 23.7 Å². The molecular formula is C11H13Br2NO2. The van der Waals surface area contributed by atoms with Crippen LogP contribution < -0.4 is 5.32 Å². The van der Waals surface area contributed by atoms with Crippen LogP contribution in [-0.2, 0) is 0 Å². The van der Waals surface area contributed by atoms with Crippen molar-refractivity contribution in [3.8, 4) is 0 Å². The monoisotopic (exact) mass is 349 g/mol. The third kappa shape index (κ3) is 4.23. The number of carbonyl (C=O) groups excluding carboxylic acids is 1. The summed E-state index contributed by atoms with van der Waals surface area (Å²) in [5.74, 6) is -0.186. The Hall–Kier alpha value is -0.390. The van der Waals surface area contributed by atoms with Gasteiger partial charge in [-0.25, -0.2) is 0 Å². The first-order chi connectivity index (χ1) is 7.52. The van der Waals surface area contributed by atoms with Gasteiger partial charge in [0.05, 0.1) is 6.10 Å². The van der Waals surface area contributed by atoms with Crippen LogP contribution in [0.4, 0.5) is 0 Å². The first kappa shape index (κ1) is 13.7. The van der Waals surface area contributed by atoms with Crippen LogP contribution in [0.15, 0.2) is 27.1 Å². The summed E-state index contributed by atoms with van der Waals surface area (Å²) in [5, 5.41) is 12.0. The van der Waals surface area contributed by atoms with Gasteiger partial charge in [0, 0.05) is 21.1 Å². The second-order valence-electron chi connectivity index (χ2n) is 3.43. The van der Waals surface area contributed by atoms with Crippen LogP contribution >= 0.6 is 31.9 Å². The third-order valence-corrected chi connectivity index (χ3v) is 3.01. The smallest absolute Gasteiger partial charge is 0.251 e. The van der Waals surface area contributed by atoms with Crippen molar-refractivity contribution in [3.05, 3.63) is 32.7 Å². The zero-order chi connectivity index (χ0) is 12.1. The lowest BCUT2D eigenvalue weighted by molar-refractivity contribution is 0.0914. The highest BCUT2D eigenvalue weighted by atomic mass is 79.9. The zero-order valence-electron chi connectivity index (χ0n) is 8.84. The molecule has 0 aromatic heterocycles. The van der Waals surface area contributed by atoms with E-state index >= 15 is 0 Å². The van der Waals surface area contributed by atoms with Crippen molar-refractivity contribution >= 4 is 37.8 Å². The minimum absolute atomic E-state index is 0.186. The number of carbonyl (C=O) groups is 1. The second-order valence-corrected chi connectivity index (χ2v) is 5.26. The third-order valence-electron chi connectivity index (χ3n) is 2.09. The number of hydrogen-bond donors (Lipinski definition) is 2. The first-order valence-electron chi connectivity index (χ1n) is 4.95. The van der Waals surface area contributed by atoms with Crippen molar-refractivity contribution in [2.24, 2.45) is 0 Å². The molecule has 3 nitrogen and oxygen atoms in total. The van der Waals surface area contributed by atoms with E-state index in [1.165, 1.54) is 0 Å². The molecule has 0 saturated heterocycles. The summed E-state index contributed by atoms with van der Waals surface area (Å²) in [6.45, 7) is 2.14. The van der Waals surface area contributed by atoms with E-state index in [2.05, 4.69) is 37.2 Å². The van der Waals surface area contributed by atoms with Crippen LogP contribution in [0.5, 0.6) is 0 Å². The van der Waals surface area contributed by atoms with Gasteiger partial charge in [0.2, 0.25) is 0 Å². The van der Waals surface area contributed by atoms with E-state index in [9.17, 15) is 9.90 Å². The highest BCUT2D eigenvalue weighted by Crippen LogP contribution is 2.19. The lowest BCUT2D eigenvalue weighted by Gasteiger charge is -2.09. The number of halogens is 2. The molecule has 2 N–H and O–H groups in total. The Morgan fingerprint density at radius 3 is 2.44 bits per heavy atom. The first-order valence-corrected chi connectivity index (χ1v) is 6.54. The predicted molar refractivity (Wildman–Crippen MR) is 70.5 cm³/mol. The molecule has 1 amide bonds. The Morgan fingerprint density at radius 2 is 1.94 bits per heavy atom. The number of rotatable bonds is 4. The van der Waals surface area contributed by atoms with Gasteiger partial charge in [0.25, 0.3) is 5.91 Å². The average Bonchev–Trinajstić information content (AvgIpc) is 2.23. The Kier molecular flexibility index (Phi) is 5.44. The number of aliphatic hydroxyl groups is 1. The van der Waals surface area contributed by atoms with Crippen LogP contribution in [0, 0.1) is 0 Å². The van der Waals surface area contributed by atoms with Gasteiger partial charge in [-0.05, 0) is 24.6 Å². The van der Waals surface area contributed by atoms with Crippen molar-refractivity contribution in [1.82, 2.24) is 5.32 Å². The molecule has 0 aliphatic heterocycles. The maximum atomic E-state index is 11.7. The van der Waals surface area contributed by atoms with Crippen molar-refractivity contribution in [3.63, 3.8) is 0 Å². The molecule has 0 fully saturated rings. The Labute approximate surface area is 111 Å². The molecular weight excluding hydrogens is 338 g/mol. The van der Waals surface area contributed by atoms with Gasteiger partial charge in [-0.2, -0.15) is 0 Å². The van der Waals surface area contributed by atoms with E-state index in [0.717, 1.165) is 8.95 Å². The van der Waals surface area contributed by atoms with E-state index in [1.54, 1.807) is 12.1 Å². The van der Waals surface area contributed by atoms with Crippen LogP contribution in [0.2, 0.25) is 0 Å². The summed E-state index contributed by atoms with van der Waals surface area (Å²) < 4.78 is 1.67. The summed E-state index contributed by atoms with van der Waals surface area (Å²) in [6.07, 6.45) is 0.141. The van der Waals surface area contributed by atoms with Gasteiger partial charge >= 0.3 is 0 Å². The zero-order valence-corrected chi connectivity index (χ0v) is 12.0. The Morgan fingerprint density at radius 1 is 1.38 bits per heavy atom. The topological polar surface area (TPSA) is 49.3 Å². The molecule has 0 aliphatic rings. The van der Waals surface area contributed by atoms with E-state index in [-0.39, 0.29) is 12.5 Å². The maximum Gasteiger partial charge on any atom is 0.251 e. The minimum atomic E-state index is -0.487. The minimum Gasteiger partial charge on any atom is -0.391 e. The molecule has 1 rings (SSSR count). The number of hydrogen-bond acceptors (Lipinski definition) is 2. The van der Waals surface area contributed by atoms with E-state index in [0.29, 0.717) is 12.0 Å². The van der Waals surface area contributed by atoms with Gasteiger partial charge < -0.3 is 10.4 Å². The summed E-state index contributed by atoms with van der Waals surface area (Å²) in [5.41, 5.74) is 0.560. The lowest BCUT2D eigenvalue weighted by Crippen LogP contribution is -2.31. The van der Waals surface area contributed by atoms with Crippen LogP contribution in [0.1, 0.15) is 23.7 Å². The summed E-state index contributed by atoms with van der Waals surface area (Å²) in [7, 11) is 0. The largest absolute Gasteiger partial charge is 0.391 e. The molecule has 0 spiro atoms. The molecule has 0 radical (unpaired) electrons. The fraction of sp³-hybridized carbons (Fsp3) is 0.364. The number of amides is 1. The SMILES string of the molecule is CCC(O)CNC(=O)c1cc(Br)cc(Br)c1. The van der Waals surface area contributed by atoms with Gasteiger partial charge in [-0.3, -0.25) is 4.79 Å². The van der Waals surface area contributed by atoms with Crippen LogP contribution in [0.25, 0.3) is 0 Å². The average molecular weight is 351 g/mol. The molecule has 0 heterocycles. The van der Waals surface area contributed by atoms with Crippen molar-refractivity contribution in [2.45, 2.75) is 19.4 Å². The van der Waals surface area contributed by atoms with E-state index < -0.39 is 6.10 Å². The lowest BCUT2D eigenvalue weighted by atomic mass is 10.2. The Balaban J connectivity index is 2.66. The fourth-order valence-corrected chi connectivity index (χ4v) is 2.44. The molecule has 88 valence electrons. The van der Waals surface area contributed by atoms with Gasteiger partial charge in [-0.15, -0.1) is 0 Å². The van der Waals surface area contributed by atoms with Crippen molar-refractivity contribution in [2.75, 3.05) is 6.54 Å². The standard InChI is InChI=1S/C11H13Br2NO2/c1-2-10(15)6-14-11(16)7-3-8(12)5-9(13)4-7/h3-5,10,15H,2,6H2,1H3,(H,14,16). The molecule has 1 unspecified atom stereocenters. The second kappa shape index (κ2) is 6.37. The molecule has 0 aliphatic carbocycles. The quantitative estimate of drug-likeness (QED) is 0.877.